The summed E-state index contributed by atoms with van der Waals surface area (Å²) >= 11 is 3.21. The van der Waals surface area contributed by atoms with Crippen molar-refractivity contribution < 1.29 is 17.5 Å². The van der Waals surface area contributed by atoms with E-state index in [4.69, 9.17) is 4.74 Å². The number of rotatable bonds is 7. The molecule has 0 aromatic heterocycles. The van der Waals surface area contributed by atoms with Crippen molar-refractivity contribution in [1.29, 1.82) is 0 Å². The van der Waals surface area contributed by atoms with Gasteiger partial charge in [0.25, 0.3) is 0 Å². The van der Waals surface area contributed by atoms with E-state index in [2.05, 4.69) is 20.7 Å². The summed E-state index contributed by atoms with van der Waals surface area (Å²) in [5, 5.41) is 0.435. The lowest BCUT2D eigenvalue weighted by Crippen LogP contribution is -2.37. The molecule has 102 valence electrons. The van der Waals surface area contributed by atoms with Crippen LogP contribution in [0.4, 0.5) is 4.39 Å². The third-order valence-corrected chi connectivity index (χ3v) is 4.64. The van der Waals surface area contributed by atoms with Gasteiger partial charge in [-0.1, -0.05) is 28.1 Å². The topological polar surface area (TPSA) is 55.4 Å². The van der Waals surface area contributed by atoms with E-state index in [1.807, 2.05) is 0 Å². The van der Waals surface area contributed by atoms with Gasteiger partial charge in [-0.25, -0.2) is 17.5 Å². The van der Waals surface area contributed by atoms with Crippen LogP contribution in [0.2, 0.25) is 0 Å². The predicted octanol–water partition coefficient (Wildman–Crippen LogP) is 1.90. The number of methoxy groups -OCH3 is 1. The van der Waals surface area contributed by atoms with Gasteiger partial charge in [-0.3, -0.25) is 0 Å². The summed E-state index contributed by atoms with van der Waals surface area (Å²) in [6, 6.07) is 4.94. The van der Waals surface area contributed by atoms with E-state index in [1.165, 1.54) is 25.3 Å². The normalized spacial score (nSPS) is 13.5. The van der Waals surface area contributed by atoms with Crippen LogP contribution in [0.15, 0.2) is 29.2 Å². The molecule has 0 radical (unpaired) electrons. The Bertz CT molecular complexity index is 481. The quantitative estimate of drug-likeness (QED) is 0.772. The number of hydrogen-bond donors (Lipinski definition) is 1. The minimum absolute atomic E-state index is 0.338. The Kier molecular flexibility index (Phi) is 6.20. The Labute approximate surface area is 115 Å². The van der Waals surface area contributed by atoms with Crippen LogP contribution in [-0.2, 0) is 14.8 Å². The van der Waals surface area contributed by atoms with E-state index < -0.39 is 15.8 Å². The fourth-order valence-corrected chi connectivity index (χ4v) is 3.42. The van der Waals surface area contributed by atoms with Gasteiger partial charge in [0, 0.05) is 25.1 Å². The molecule has 1 N–H and O–H groups in total. The summed E-state index contributed by atoms with van der Waals surface area (Å²) in [5.74, 6) is -0.759. The highest BCUT2D eigenvalue weighted by Gasteiger charge is 2.22. The molecule has 0 amide bonds. The number of hydrogen-bond acceptors (Lipinski definition) is 3. The molecule has 1 atom stereocenters. The molecule has 0 aliphatic carbocycles. The molecule has 0 aliphatic rings. The molecule has 0 heterocycles. The maximum Gasteiger partial charge on any atom is 0.243 e. The van der Waals surface area contributed by atoms with Crippen LogP contribution in [0.3, 0.4) is 0 Å². The number of ether oxygens (including phenoxy) is 1. The van der Waals surface area contributed by atoms with Gasteiger partial charge < -0.3 is 4.74 Å². The lowest BCUT2D eigenvalue weighted by atomic mass is 10.3. The Hall–Kier alpha value is -0.500. The molecular formula is C11H15BrFNO3S. The lowest BCUT2D eigenvalue weighted by molar-refractivity contribution is 0.188. The van der Waals surface area contributed by atoms with Crippen molar-refractivity contribution in [2.24, 2.45) is 0 Å². The van der Waals surface area contributed by atoms with Crippen LogP contribution < -0.4 is 4.72 Å². The molecule has 1 aromatic rings. The van der Waals surface area contributed by atoms with Crippen LogP contribution in [0, 0.1) is 5.82 Å². The average molecular weight is 340 g/mol. The highest BCUT2D eigenvalue weighted by Crippen LogP contribution is 2.14. The van der Waals surface area contributed by atoms with Crippen LogP contribution in [0.1, 0.15) is 6.42 Å². The van der Waals surface area contributed by atoms with E-state index in [0.29, 0.717) is 18.4 Å². The van der Waals surface area contributed by atoms with Crippen LogP contribution in [0.5, 0.6) is 0 Å². The number of alkyl halides is 1. The zero-order chi connectivity index (χ0) is 13.6. The molecule has 0 aliphatic heterocycles. The summed E-state index contributed by atoms with van der Waals surface area (Å²) in [6.07, 6.45) is 0.509. The Morgan fingerprint density at radius 2 is 2.11 bits per heavy atom. The van der Waals surface area contributed by atoms with Crippen LogP contribution in [-0.4, -0.2) is 33.5 Å². The highest BCUT2D eigenvalue weighted by molar-refractivity contribution is 9.09. The molecule has 0 saturated carbocycles. The highest BCUT2D eigenvalue weighted by atomic mass is 79.9. The summed E-state index contributed by atoms with van der Waals surface area (Å²) in [7, 11) is -2.30. The Morgan fingerprint density at radius 1 is 1.44 bits per heavy atom. The van der Waals surface area contributed by atoms with E-state index in [9.17, 15) is 12.8 Å². The van der Waals surface area contributed by atoms with E-state index >= 15 is 0 Å². The first-order valence-electron chi connectivity index (χ1n) is 5.33. The fourth-order valence-electron chi connectivity index (χ4n) is 1.37. The van der Waals surface area contributed by atoms with Crippen molar-refractivity contribution in [3.05, 3.63) is 30.1 Å². The van der Waals surface area contributed by atoms with E-state index in [1.54, 1.807) is 0 Å². The minimum Gasteiger partial charge on any atom is -0.385 e. The maximum absolute atomic E-state index is 13.4. The van der Waals surface area contributed by atoms with E-state index in [-0.39, 0.29) is 10.9 Å². The van der Waals surface area contributed by atoms with Crippen LogP contribution in [0.25, 0.3) is 0 Å². The summed E-state index contributed by atoms with van der Waals surface area (Å²) in [4.78, 5) is -0.339. The number of sulfonamides is 1. The first-order chi connectivity index (χ1) is 8.51. The molecule has 0 saturated heterocycles. The van der Waals surface area contributed by atoms with Gasteiger partial charge in [-0.05, 0) is 18.6 Å². The molecule has 0 spiro atoms. The fraction of sp³-hybridized carbons (Fsp3) is 0.455. The molecule has 1 rings (SSSR count). The van der Waals surface area contributed by atoms with Gasteiger partial charge in [-0.15, -0.1) is 0 Å². The van der Waals surface area contributed by atoms with Crippen molar-refractivity contribution in [3.63, 3.8) is 0 Å². The second kappa shape index (κ2) is 7.18. The summed E-state index contributed by atoms with van der Waals surface area (Å²) in [5.41, 5.74) is 0. The first kappa shape index (κ1) is 15.6. The van der Waals surface area contributed by atoms with Gasteiger partial charge in [-0.2, -0.15) is 0 Å². The van der Waals surface area contributed by atoms with Crippen LogP contribution >= 0.6 is 15.9 Å². The van der Waals surface area contributed by atoms with Crippen molar-refractivity contribution in [1.82, 2.24) is 4.72 Å². The molecule has 0 bridgehead atoms. The smallest absolute Gasteiger partial charge is 0.243 e. The molecule has 1 unspecified atom stereocenters. The first-order valence-corrected chi connectivity index (χ1v) is 7.93. The van der Waals surface area contributed by atoms with Gasteiger partial charge in [0.2, 0.25) is 10.0 Å². The summed E-state index contributed by atoms with van der Waals surface area (Å²) < 4.78 is 44.7. The molecule has 4 nitrogen and oxygen atoms in total. The zero-order valence-corrected chi connectivity index (χ0v) is 12.3. The monoisotopic (exact) mass is 339 g/mol. The minimum atomic E-state index is -3.84. The van der Waals surface area contributed by atoms with Crippen molar-refractivity contribution in [2.45, 2.75) is 17.4 Å². The summed E-state index contributed by atoms with van der Waals surface area (Å²) in [6.45, 7) is 0.427. The average Bonchev–Trinajstić information content (AvgIpc) is 2.34. The van der Waals surface area contributed by atoms with Gasteiger partial charge in [0.1, 0.15) is 10.7 Å². The number of nitrogens with one attached hydrogen (secondary N) is 1. The molecule has 18 heavy (non-hydrogen) atoms. The SMILES string of the molecule is COCCC(CBr)NS(=O)(=O)c1ccccc1F. The maximum atomic E-state index is 13.4. The number of benzene rings is 1. The number of halogens is 2. The zero-order valence-electron chi connectivity index (χ0n) is 9.90. The molecule has 7 heteroatoms. The molecule has 0 fully saturated rings. The second-order valence-corrected chi connectivity index (χ2v) is 6.01. The molecular weight excluding hydrogens is 325 g/mol. The lowest BCUT2D eigenvalue weighted by Gasteiger charge is -2.16. The van der Waals surface area contributed by atoms with Gasteiger partial charge in [0.15, 0.2) is 0 Å². The van der Waals surface area contributed by atoms with Crippen molar-refractivity contribution in [2.75, 3.05) is 19.0 Å². The van der Waals surface area contributed by atoms with Gasteiger partial charge in [0.05, 0.1) is 0 Å². The Morgan fingerprint density at radius 3 is 2.67 bits per heavy atom. The van der Waals surface area contributed by atoms with Gasteiger partial charge >= 0.3 is 0 Å². The third kappa shape index (κ3) is 4.31. The van der Waals surface area contributed by atoms with Crippen molar-refractivity contribution in [3.8, 4) is 0 Å². The standard InChI is InChI=1S/C11H15BrFNO3S/c1-17-7-6-9(8-12)14-18(15,16)11-5-3-2-4-10(11)13/h2-5,9,14H,6-8H2,1H3. The van der Waals surface area contributed by atoms with Crippen molar-refractivity contribution >= 4 is 26.0 Å². The third-order valence-electron chi connectivity index (χ3n) is 2.30. The second-order valence-electron chi connectivity index (χ2n) is 3.68. The largest absolute Gasteiger partial charge is 0.385 e. The van der Waals surface area contributed by atoms with E-state index in [0.717, 1.165) is 6.07 Å². The Balaban J connectivity index is 2.84. The molecule has 1 aromatic carbocycles. The predicted molar refractivity (Wildman–Crippen MR) is 70.8 cm³/mol.